The SMILES string of the molecule is CCCCCCCCCCC(CCCCCCCC)CCCC(=O)O. The largest absolute Gasteiger partial charge is 0.481 e. The summed E-state index contributed by atoms with van der Waals surface area (Å²) in [6.45, 7) is 4.54. The van der Waals surface area contributed by atoms with Crippen LogP contribution in [0.4, 0.5) is 0 Å². The summed E-state index contributed by atoms with van der Waals surface area (Å²) in [5.74, 6) is 0.135. The molecule has 0 bridgehead atoms. The first kappa shape index (κ1) is 24.5. The van der Waals surface area contributed by atoms with Gasteiger partial charge in [-0.05, 0) is 18.8 Å². The summed E-state index contributed by atoms with van der Waals surface area (Å²) in [5, 5.41) is 8.86. The molecule has 0 radical (unpaired) electrons. The van der Waals surface area contributed by atoms with Gasteiger partial charge in [0.15, 0.2) is 0 Å². The predicted octanol–water partition coefficient (Wildman–Crippen LogP) is 8.14. The highest BCUT2D eigenvalue weighted by atomic mass is 16.4. The molecule has 150 valence electrons. The molecule has 0 amide bonds. The second-order valence-electron chi connectivity index (χ2n) is 7.97. The number of unbranched alkanes of at least 4 members (excludes halogenated alkanes) is 12. The number of aliphatic carboxylic acids is 1. The summed E-state index contributed by atoms with van der Waals surface area (Å²) >= 11 is 0. The Hall–Kier alpha value is -0.530. The molecule has 0 spiro atoms. The van der Waals surface area contributed by atoms with Crippen LogP contribution in [-0.4, -0.2) is 11.1 Å². The quantitative estimate of drug-likeness (QED) is 0.224. The molecule has 0 aliphatic carbocycles. The maximum absolute atomic E-state index is 10.7. The zero-order valence-electron chi connectivity index (χ0n) is 17.4. The highest BCUT2D eigenvalue weighted by Crippen LogP contribution is 2.24. The van der Waals surface area contributed by atoms with Gasteiger partial charge in [0.1, 0.15) is 0 Å². The van der Waals surface area contributed by atoms with Crippen molar-refractivity contribution in [3.63, 3.8) is 0 Å². The first-order valence-electron chi connectivity index (χ1n) is 11.4. The van der Waals surface area contributed by atoms with E-state index in [1.165, 1.54) is 103 Å². The Bertz CT molecular complexity index is 275. The third-order valence-corrected chi connectivity index (χ3v) is 5.43. The van der Waals surface area contributed by atoms with Crippen LogP contribution in [0.2, 0.25) is 0 Å². The average molecular weight is 355 g/mol. The van der Waals surface area contributed by atoms with E-state index in [9.17, 15) is 4.79 Å². The van der Waals surface area contributed by atoms with Gasteiger partial charge in [-0.15, -0.1) is 0 Å². The summed E-state index contributed by atoms with van der Waals surface area (Å²) in [5.41, 5.74) is 0. The third kappa shape index (κ3) is 19.6. The molecule has 25 heavy (non-hydrogen) atoms. The van der Waals surface area contributed by atoms with Crippen molar-refractivity contribution in [3.05, 3.63) is 0 Å². The van der Waals surface area contributed by atoms with Gasteiger partial charge in [-0.3, -0.25) is 4.79 Å². The maximum Gasteiger partial charge on any atom is 0.303 e. The van der Waals surface area contributed by atoms with E-state index < -0.39 is 5.97 Å². The van der Waals surface area contributed by atoms with E-state index in [1.54, 1.807) is 0 Å². The lowest BCUT2D eigenvalue weighted by Gasteiger charge is -2.16. The normalized spacial score (nSPS) is 12.4. The van der Waals surface area contributed by atoms with Crippen LogP contribution in [0.1, 0.15) is 136 Å². The van der Waals surface area contributed by atoms with Gasteiger partial charge >= 0.3 is 5.97 Å². The highest BCUT2D eigenvalue weighted by molar-refractivity contribution is 5.66. The van der Waals surface area contributed by atoms with Crippen molar-refractivity contribution in [1.82, 2.24) is 0 Å². The lowest BCUT2D eigenvalue weighted by atomic mass is 9.90. The zero-order chi connectivity index (χ0) is 18.6. The van der Waals surface area contributed by atoms with Crippen LogP contribution in [0.15, 0.2) is 0 Å². The van der Waals surface area contributed by atoms with Crippen molar-refractivity contribution in [2.24, 2.45) is 5.92 Å². The Labute approximate surface area is 158 Å². The lowest BCUT2D eigenvalue weighted by molar-refractivity contribution is -0.137. The Morgan fingerprint density at radius 1 is 0.600 bits per heavy atom. The second kappa shape index (κ2) is 19.8. The van der Waals surface area contributed by atoms with Crippen LogP contribution in [0.3, 0.4) is 0 Å². The molecule has 0 aliphatic heterocycles. The molecule has 2 nitrogen and oxygen atoms in total. The number of carboxylic acids is 1. The summed E-state index contributed by atoms with van der Waals surface area (Å²) in [4.78, 5) is 10.7. The number of hydrogen-bond donors (Lipinski definition) is 1. The smallest absolute Gasteiger partial charge is 0.303 e. The Morgan fingerprint density at radius 2 is 0.960 bits per heavy atom. The average Bonchev–Trinajstić information content (AvgIpc) is 2.59. The number of rotatable bonds is 20. The standard InChI is InChI=1S/C23H46O2/c1-3-5-7-9-11-12-14-16-19-22(20-17-21-23(24)25)18-15-13-10-8-6-4-2/h22H,3-21H2,1-2H3,(H,24,25). The van der Waals surface area contributed by atoms with Crippen LogP contribution in [-0.2, 0) is 4.79 Å². The first-order valence-corrected chi connectivity index (χ1v) is 11.4. The molecule has 0 rings (SSSR count). The fraction of sp³-hybridized carbons (Fsp3) is 0.957. The molecule has 0 aliphatic rings. The topological polar surface area (TPSA) is 37.3 Å². The van der Waals surface area contributed by atoms with Crippen LogP contribution < -0.4 is 0 Å². The highest BCUT2D eigenvalue weighted by Gasteiger charge is 2.10. The van der Waals surface area contributed by atoms with E-state index in [1.807, 2.05) is 0 Å². The van der Waals surface area contributed by atoms with Crippen molar-refractivity contribution in [3.8, 4) is 0 Å². The summed E-state index contributed by atoms with van der Waals surface area (Å²) < 4.78 is 0. The molecule has 0 fully saturated rings. The lowest BCUT2D eigenvalue weighted by Crippen LogP contribution is -2.03. The van der Waals surface area contributed by atoms with E-state index in [4.69, 9.17) is 5.11 Å². The van der Waals surface area contributed by atoms with Gasteiger partial charge in [-0.1, -0.05) is 117 Å². The number of carboxylic acid groups (broad SMARTS) is 1. The molecular weight excluding hydrogens is 308 g/mol. The van der Waals surface area contributed by atoms with Gasteiger partial charge in [-0.25, -0.2) is 0 Å². The Balaban J connectivity index is 3.75. The van der Waals surface area contributed by atoms with E-state index in [-0.39, 0.29) is 0 Å². The van der Waals surface area contributed by atoms with Gasteiger partial charge in [0.25, 0.3) is 0 Å². The minimum atomic E-state index is -0.634. The fourth-order valence-electron chi connectivity index (χ4n) is 3.76. The molecule has 2 heteroatoms. The second-order valence-corrected chi connectivity index (χ2v) is 7.97. The van der Waals surface area contributed by atoms with Crippen LogP contribution in [0, 0.1) is 5.92 Å². The van der Waals surface area contributed by atoms with E-state index in [0.29, 0.717) is 6.42 Å². The minimum absolute atomic E-state index is 0.352. The van der Waals surface area contributed by atoms with Gasteiger partial charge in [0.05, 0.1) is 0 Å². The van der Waals surface area contributed by atoms with Crippen molar-refractivity contribution in [1.29, 1.82) is 0 Å². The first-order chi connectivity index (χ1) is 12.2. The van der Waals surface area contributed by atoms with Crippen molar-refractivity contribution in [2.45, 2.75) is 136 Å². The fourth-order valence-corrected chi connectivity index (χ4v) is 3.76. The van der Waals surface area contributed by atoms with Gasteiger partial charge in [0, 0.05) is 6.42 Å². The van der Waals surface area contributed by atoms with E-state index >= 15 is 0 Å². The molecule has 1 atom stereocenters. The van der Waals surface area contributed by atoms with Crippen LogP contribution in [0.5, 0.6) is 0 Å². The van der Waals surface area contributed by atoms with Crippen LogP contribution in [0.25, 0.3) is 0 Å². The molecule has 0 aromatic heterocycles. The summed E-state index contributed by atoms with van der Waals surface area (Å²) in [6, 6.07) is 0. The number of carbonyl (C=O) groups is 1. The molecule has 0 aromatic carbocycles. The molecule has 0 aromatic rings. The number of hydrogen-bond acceptors (Lipinski definition) is 1. The molecule has 1 unspecified atom stereocenters. The summed E-state index contributed by atoms with van der Waals surface area (Å²) in [7, 11) is 0. The maximum atomic E-state index is 10.7. The van der Waals surface area contributed by atoms with E-state index in [0.717, 1.165) is 18.8 Å². The van der Waals surface area contributed by atoms with Gasteiger partial charge in [0.2, 0.25) is 0 Å². The zero-order valence-corrected chi connectivity index (χ0v) is 17.4. The molecule has 0 saturated heterocycles. The van der Waals surface area contributed by atoms with Crippen molar-refractivity contribution in [2.75, 3.05) is 0 Å². The van der Waals surface area contributed by atoms with Crippen molar-refractivity contribution < 1.29 is 9.90 Å². The Morgan fingerprint density at radius 3 is 1.36 bits per heavy atom. The molecular formula is C23H46O2. The molecule has 0 saturated carbocycles. The monoisotopic (exact) mass is 354 g/mol. The van der Waals surface area contributed by atoms with E-state index in [2.05, 4.69) is 13.8 Å². The molecule has 1 N–H and O–H groups in total. The van der Waals surface area contributed by atoms with Gasteiger partial charge in [-0.2, -0.15) is 0 Å². The summed E-state index contributed by atoms with van der Waals surface area (Å²) in [6.07, 6.45) is 24.2. The van der Waals surface area contributed by atoms with Crippen LogP contribution >= 0.6 is 0 Å². The predicted molar refractivity (Wildman–Crippen MR) is 110 cm³/mol. The minimum Gasteiger partial charge on any atom is -0.481 e. The van der Waals surface area contributed by atoms with Crippen molar-refractivity contribution >= 4 is 5.97 Å². The Kier molecular flexibility index (Phi) is 19.4. The molecule has 0 heterocycles. The van der Waals surface area contributed by atoms with Gasteiger partial charge < -0.3 is 5.11 Å². The third-order valence-electron chi connectivity index (χ3n) is 5.43.